The number of hydrogen-bond acceptors (Lipinski definition) is 2. The number of furan rings is 1. The molecule has 5 heteroatoms. The lowest BCUT2D eigenvalue weighted by molar-refractivity contribution is -0.660. The number of aryl methyl sites for hydroxylation is 2. The number of nitrogens with zero attached hydrogens (tertiary/aromatic N) is 2. The Hall–Kier alpha value is -2.82. The van der Waals surface area contributed by atoms with Gasteiger partial charge in [0.15, 0.2) is 11.8 Å². The van der Waals surface area contributed by atoms with Crippen LogP contribution in [0.4, 0.5) is 8.78 Å². The maximum atomic E-state index is 14.3. The molecule has 0 unspecified atom stereocenters. The van der Waals surface area contributed by atoms with E-state index in [-0.39, 0.29) is 11.1 Å². The standard InChI is InChI=1S/C21H19F2N2O/c1-11(2)13-6-8-16(25(4)10-13)18-12(3)5-7-14-19-15(22)9-17(23)24-21(19)26-20(14)18/h5-11H,1-4H3/q+1. The molecule has 0 bridgehead atoms. The van der Waals surface area contributed by atoms with Gasteiger partial charge in [-0.2, -0.15) is 9.37 Å². The van der Waals surface area contributed by atoms with Crippen LogP contribution in [0.15, 0.2) is 40.9 Å². The first-order valence-electron chi connectivity index (χ1n) is 8.54. The van der Waals surface area contributed by atoms with Gasteiger partial charge in [-0.05, 0) is 24.5 Å². The van der Waals surface area contributed by atoms with Crippen LogP contribution in [0, 0.1) is 18.7 Å². The molecular weight excluding hydrogens is 334 g/mol. The van der Waals surface area contributed by atoms with Crippen molar-refractivity contribution in [3.8, 4) is 11.3 Å². The van der Waals surface area contributed by atoms with E-state index in [1.165, 1.54) is 5.56 Å². The number of halogens is 2. The first-order valence-corrected chi connectivity index (χ1v) is 8.54. The monoisotopic (exact) mass is 353 g/mol. The summed E-state index contributed by atoms with van der Waals surface area (Å²) < 4.78 is 35.7. The largest absolute Gasteiger partial charge is 0.437 e. The van der Waals surface area contributed by atoms with Gasteiger partial charge in [-0.3, -0.25) is 0 Å². The fourth-order valence-electron chi connectivity index (χ4n) is 3.41. The maximum Gasteiger partial charge on any atom is 0.232 e. The van der Waals surface area contributed by atoms with Crippen LogP contribution < -0.4 is 4.57 Å². The molecule has 4 rings (SSSR count). The number of hydrogen-bond donors (Lipinski definition) is 0. The number of aromatic nitrogens is 2. The van der Waals surface area contributed by atoms with Crippen molar-refractivity contribution in [2.75, 3.05) is 0 Å². The van der Waals surface area contributed by atoms with E-state index in [1.54, 1.807) is 6.07 Å². The average molecular weight is 353 g/mol. The Balaban J connectivity index is 2.07. The Morgan fingerprint density at radius 3 is 2.58 bits per heavy atom. The molecule has 0 amide bonds. The van der Waals surface area contributed by atoms with Crippen LogP contribution in [-0.2, 0) is 7.05 Å². The number of fused-ring (bicyclic) bond motifs is 3. The highest BCUT2D eigenvalue weighted by atomic mass is 19.1. The molecule has 0 saturated heterocycles. The second-order valence-corrected chi connectivity index (χ2v) is 6.96. The summed E-state index contributed by atoms with van der Waals surface area (Å²) in [5.41, 5.74) is 4.51. The molecule has 0 N–H and O–H groups in total. The summed E-state index contributed by atoms with van der Waals surface area (Å²) in [7, 11) is 1.97. The summed E-state index contributed by atoms with van der Waals surface area (Å²) in [6.45, 7) is 6.26. The molecule has 3 aromatic heterocycles. The average Bonchev–Trinajstić information content (AvgIpc) is 2.93. The van der Waals surface area contributed by atoms with Crippen LogP contribution in [0.1, 0.15) is 30.9 Å². The molecule has 0 aliphatic rings. The predicted octanol–water partition coefficient (Wildman–Crippen LogP) is 5.18. The fourth-order valence-corrected chi connectivity index (χ4v) is 3.41. The van der Waals surface area contributed by atoms with Crippen molar-refractivity contribution in [3.05, 3.63) is 59.4 Å². The second kappa shape index (κ2) is 5.87. The molecule has 1 aromatic carbocycles. The minimum Gasteiger partial charge on any atom is -0.437 e. The molecule has 132 valence electrons. The molecule has 26 heavy (non-hydrogen) atoms. The Kier molecular flexibility index (Phi) is 3.75. The van der Waals surface area contributed by atoms with E-state index in [2.05, 4.69) is 31.1 Å². The molecule has 0 saturated carbocycles. The van der Waals surface area contributed by atoms with E-state index in [0.717, 1.165) is 22.9 Å². The van der Waals surface area contributed by atoms with Gasteiger partial charge in [-0.15, -0.1) is 0 Å². The highest BCUT2D eigenvalue weighted by Gasteiger charge is 2.23. The third-order valence-corrected chi connectivity index (χ3v) is 4.82. The zero-order valence-electron chi connectivity index (χ0n) is 15.1. The van der Waals surface area contributed by atoms with Crippen molar-refractivity contribution < 1.29 is 17.8 Å². The van der Waals surface area contributed by atoms with Crippen molar-refractivity contribution in [1.29, 1.82) is 0 Å². The topological polar surface area (TPSA) is 29.9 Å². The molecule has 0 fully saturated rings. The predicted molar refractivity (Wildman–Crippen MR) is 96.9 cm³/mol. The number of pyridine rings is 2. The minimum atomic E-state index is -0.890. The summed E-state index contributed by atoms with van der Waals surface area (Å²) >= 11 is 0. The molecular formula is C21H19F2N2O+. The lowest BCUT2D eigenvalue weighted by atomic mass is 9.99. The first-order chi connectivity index (χ1) is 12.4. The van der Waals surface area contributed by atoms with E-state index in [1.807, 2.05) is 30.7 Å². The van der Waals surface area contributed by atoms with Crippen LogP contribution in [0.5, 0.6) is 0 Å². The van der Waals surface area contributed by atoms with Gasteiger partial charge in [-0.25, -0.2) is 8.96 Å². The van der Waals surface area contributed by atoms with Gasteiger partial charge in [-0.1, -0.05) is 26.0 Å². The summed E-state index contributed by atoms with van der Waals surface area (Å²) in [6.07, 6.45) is 2.08. The summed E-state index contributed by atoms with van der Waals surface area (Å²) in [6, 6.07) is 8.62. The zero-order chi connectivity index (χ0) is 18.6. The molecule has 3 nitrogen and oxygen atoms in total. The van der Waals surface area contributed by atoms with Crippen molar-refractivity contribution in [3.63, 3.8) is 0 Å². The molecule has 0 aliphatic heterocycles. The van der Waals surface area contributed by atoms with Crippen molar-refractivity contribution in [2.24, 2.45) is 7.05 Å². The van der Waals surface area contributed by atoms with Gasteiger partial charge >= 0.3 is 0 Å². The molecule has 0 radical (unpaired) electrons. The molecule has 4 aromatic rings. The Morgan fingerprint density at radius 2 is 1.88 bits per heavy atom. The second-order valence-electron chi connectivity index (χ2n) is 6.96. The minimum absolute atomic E-state index is 0.0224. The van der Waals surface area contributed by atoms with Crippen LogP contribution in [-0.4, -0.2) is 4.98 Å². The van der Waals surface area contributed by atoms with Gasteiger partial charge < -0.3 is 4.42 Å². The van der Waals surface area contributed by atoms with Gasteiger partial charge in [0.25, 0.3) is 0 Å². The van der Waals surface area contributed by atoms with Gasteiger partial charge in [0.05, 0.1) is 10.9 Å². The quantitative estimate of drug-likeness (QED) is 0.367. The highest BCUT2D eigenvalue weighted by molar-refractivity contribution is 6.08. The third-order valence-electron chi connectivity index (χ3n) is 4.82. The lowest BCUT2D eigenvalue weighted by Gasteiger charge is -2.08. The zero-order valence-corrected chi connectivity index (χ0v) is 15.1. The van der Waals surface area contributed by atoms with E-state index in [0.29, 0.717) is 16.9 Å². The van der Waals surface area contributed by atoms with Gasteiger partial charge in [0.1, 0.15) is 12.9 Å². The summed E-state index contributed by atoms with van der Waals surface area (Å²) in [4.78, 5) is 3.72. The van der Waals surface area contributed by atoms with Crippen LogP contribution in [0.3, 0.4) is 0 Å². The number of benzene rings is 1. The molecule has 0 spiro atoms. The normalized spacial score (nSPS) is 11.8. The van der Waals surface area contributed by atoms with Crippen molar-refractivity contribution in [1.82, 2.24) is 4.98 Å². The van der Waals surface area contributed by atoms with Gasteiger partial charge in [0, 0.05) is 23.1 Å². The Labute approximate surface area is 149 Å². The maximum absolute atomic E-state index is 14.3. The van der Waals surface area contributed by atoms with Crippen molar-refractivity contribution in [2.45, 2.75) is 26.7 Å². The highest BCUT2D eigenvalue weighted by Crippen LogP contribution is 2.37. The van der Waals surface area contributed by atoms with Crippen LogP contribution in [0.25, 0.3) is 33.3 Å². The van der Waals surface area contributed by atoms with E-state index in [9.17, 15) is 8.78 Å². The smallest absolute Gasteiger partial charge is 0.232 e. The lowest BCUT2D eigenvalue weighted by Crippen LogP contribution is -2.31. The summed E-state index contributed by atoms with van der Waals surface area (Å²) in [5.74, 6) is -1.14. The fraction of sp³-hybridized carbons (Fsp3) is 0.238. The van der Waals surface area contributed by atoms with Crippen molar-refractivity contribution >= 4 is 22.1 Å². The Bertz CT molecular complexity index is 1160. The van der Waals surface area contributed by atoms with E-state index in [4.69, 9.17) is 4.42 Å². The Morgan fingerprint density at radius 1 is 1.12 bits per heavy atom. The van der Waals surface area contributed by atoms with E-state index < -0.39 is 11.8 Å². The van der Waals surface area contributed by atoms with Crippen LogP contribution >= 0.6 is 0 Å². The SMILES string of the molecule is Cc1ccc2c(oc3nc(F)cc(F)c32)c1-c1ccc(C(C)C)c[n+]1C. The molecule has 0 atom stereocenters. The third kappa shape index (κ3) is 2.46. The molecule has 0 aliphatic carbocycles. The van der Waals surface area contributed by atoms with Crippen LogP contribution in [0.2, 0.25) is 0 Å². The first kappa shape index (κ1) is 16.6. The van der Waals surface area contributed by atoms with Gasteiger partial charge in [0.2, 0.25) is 17.4 Å². The summed E-state index contributed by atoms with van der Waals surface area (Å²) in [5, 5.41) is 0.808. The molecule has 3 heterocycles. The van der Waals surface area contributed by atoms with E-state index >= 15 is 0 Å². The number of rotatable bonds is 2.